The molecule has 0 saturated carbocycles. The van der Waals surface area contributed by atoms with Crippen LogP contribution in [0.1, 0.15) is 0 Å². The number of carbonyl (C=O) groups is 1. The summed E-state index contributed by atoms with van der Waals surface area (Å²) in [6, 6.07) is 18.9. The zero-order valence-corrected chi connectivity index (χ0v) is 17.6. The van der Waals surface area contributed by atoms with E-state index < -0.39 is 27.5 Å². The second kappa shape index (κ2) is 9.43. The standard InChI is InChI=1S/C21H18ClNO4S2/c22-18-8-4-15(5-9-18)16-6-10-19(11-7-16)29(26,27)14-17(21(24)25)13-28-20-3-1-2-12-23-20/h1-12,17H,13-14H2,(H,24,25). The van der Waals surface area contributed by atoms with Gasteiger partial charge in [0.2, 0.25) is 0 Å². The summed E-state index contributed by atoms with van der Waals surface area (Å²) in [4.78, 5) is 15.8. The van der Waals surface area contributed by atoms with Crippen molar-refractivity contribution in [1.29, 1.82) is 0 Å². The maximum absolute atomic E-state index is 12.7. The van der Waals surface area contributed by atoms with E-state index >= 15 is 0 Å². The predicted molar refractivity (Wildman–Crippen MR) is 115 cm³/mol. The summed E-state index contributed by atoms with van der Waals surface area (Å²) in [5.41, 5.74) is 1.76. The van der Waals surface area contributed by atoms with Gasteiger partial charge in [0, 0.05) is 17.0 Å². The minimum Gasteiger partial charge on any atom is -0.481 e. The lowest BCUT2D eigenvalue weighted by Crippen LogP contribution is -2.26. The van der Waals surface area contributed by atoms with Gasteiger partial charge in [-0.15, -0.1) is 11.8 Å². The summed E-state index contributed by atoms with van der Waals surface area (Å²) >= 11 is 7.12. The van der Waals surface area contributed by atoms with E-state index in [0.717, 1.165) is 11.1 Å². The zero-order valence-electron chi connectivity index (χ0n) is 15.2. The van der Waals surface area contributed by atoms with E-state index in [9.17, 15) is 18.3 Å². The van der Waals surface area contributed by atoms with Gasteiger partial charge in [-0.2, -0.15) is 0 Å². The quantitative estimate of drug-likeness (QED) is 0.505. The van der Waals surface area contributed by atoms with Crippen LogP contribution in [0.25, 0.3) is 11.1 Å². The Hall–Kier alpha value is -2.35. The second-order valence-electron chi connectivity index (χ2n) is 6.33. The fourth-order valence-corrected chi connectivity index (χ4v) is 5.42. The Kier molecular flexibility index (Phi) is 6.95. The number of carboxylic acids is 1. The molecule has 5 nitrogen and oxygen atoms in total. The van der Waals surface area contributed by atoms with Gasteiger partial charge in [0.05, 0.1) is 21.6 Å². The van der Waals surface area contributed by atoms with Crippen molar-refractivity contribution in [2.24, 2.45) is 5.92 Å². The molecule has 150 valence electrons. The van der Waals surface area contributed by atoms with Crippen molar-refractivity contribution < 1.29 is 18.3 Å². The molecule has 1 atom stereocenters. The van der Waals surface area contributed by atoms with Crippen molar-refractivity contribution in [3.63, 3.8) is 0 Å². The van der Waals surface area contributed by atoms with Gasteiger partial charge in [0.1, 0.15) is 0 Å². The molecule has 0 fully saturated rings. The van der Waals surface area contributed by atoms with E-state index in [1.165, 1.54) is 23.9 Å². The van der Waals surface area contributed by atoms with Crippen LogP contribution in [-0.4, -0.2) is 36.0 Å². The van der Waals surface area contributed by atoms with E-state index in [-0.39, 0.29) is 10.6 Å². The zero-order chi connectivity index (χ0) is 20.9. The first kappa shape index (κ1) is 21.4. The van der Waals surface area contributed by atoms with Crippen molar-refractivity contribution >= 4 is 39.2 Å². The maximum atomic E-state index is 12.7. The normalized spacial score (nSPS) is 12.4. The number of halogens is 1. The molecule has 3 aromatic rings. The van der Waals surface area contributed by atoms with Crippen LogP contribution < -0.4 is 0 Å². The Balaban J connectivity index is 1.72. The van der Waals surface area contributed by atoms with Gasteiger partial charge >= 0.3 is 5.97 Å². The van der Waals surface area contributed by atoms with Crippen LogP contribution in [0.15, 0.2) is 82.8 Å². The Labute approximate surface area is 178 Å². The molecule has 2 aromatic carbocycles. The van der Waals surface area contributed by atoms with Gasteiger partial charge in [-0.25, -0.2) is 13.4 Å². The highest BCUT2D eigenvalue weighted by atomic mass is 35.5. The lowest BCUT2D eigenvalue weighted by molar-refractivity contribution is -0.140. The molecule has 0 bridgehead atoms. The molecule has 3 rings (SSSR count). The SMILES string of the molecule is O=C(O)C(CSc1ccccn1)CS(=O)(=O)c1ccc(-c2ccc(Cl)cc2)cc1. The highest BCUT2D eigenvalue weighted by Gasteiger charge is 2.27. The molecular weight excluding hydrogens is 430 g/mol. The molecule has 0 aliphatic carbocycles. The van der Waals surface area contributed by atoms with E-state index in [0.29, 0.717) is 10.0 Å². The Morgan fingerprint density at radius 1 is 1.00 bits per heavy atom. The van der Waals surface area contributed by atoms with E-state index in [1.807, 2.05) is 12.1 Å². The van der Waals surface area contributed by atoms with Gasteiger partial charge in [-0.05, 0) is 47.5 Å². The number of pyridine rings is 1. The number of sulfone groups is 1. The summed E-state index contributed by atoms with van der Waals surface area (Å²) in [6.45, 7) is 0. The van der Waals surface area contributed by atoms with Crippen LogP contribution in [0, 0.1) is 5.92 Å². The van der Waals surface area contributed by atoms with Gasteiger partial charge in [-0.3, -0.25) is 4.79 Å². The minimum absolute atomic E-state index is 0.101. The van der Waals surface area contributed by atoms with Gasteiger partial charge in [-0.1, -0.05) is 41.9 Å². The first-order valence-corrected chi connectivity index (χ1v) is 11.7. The summed E-state index contributed by atoms with van der Waals surface area (Å²) in [5.74, 6) is -2.53. The molecule has 1 N–H and O–H groups in total. The van der Waals surface area contributed by atoms with E-state index in [2.05, 4.69) is 4.98 Å². The number of aliphatic carboxylic acids is 1. The molecule has 0 spiro atoms. The molecule has 0 aliphatic rings. The largest absolute Gasteiger partial charge is 0.481 e. The monoisotopic (exact) mass is 447 g/mol. The first-order chi connectivity index (χ1) is 13.8. The number of benzene rings is 2. The Bertz CT molecular complexity index is 1070. The molecule has 0 saturated heterocycles. The van der Waals surface area contributed by atoms with Gasteiger partial charge in [0.25, 0.3) is 0 Å². The van der Waals surface area contributed by atoms with Crippen LogP contribution in [0.4, 0.5) is 0 Å². The second-order valence-corrected chi connectivity index (χ2v) is 9.84. The van der Waals surface area contributed by atoms with E-state index in [1.54, 1.807) is 48.7 Å². The number of hydrogen-bond donors (Lipinski definition) is 1. The average Bonchev–Trinajstić information content (AvgIpc) is 2.72. The van der Waals surface area contributed by atoms with Crippen LogP contribution in [0.3, 0.4) is 0 Å². The molecule has 1 unspecified atom stereocenters. The van der Waals surface area contributed by atoms with Gasteiger partial charge in [0.15, 0.2) is 9.84 Å². The van der Waals surface area contributed by atoms with Crippen molar-refractivity contribution in [2.45, 2.75) is 9.92 Å². The summed E-state index contributed by atoms with van der Waals surface area (Å²) in [6.07, 6.45) is 1.61. The van der Waals surface area contributed by atoms with Crippen LogP contribution >= 0.6 is 23.4 Å². The number of nitrogens with zero attached hydrogens (tertiary/aromatic N) is 1. The number of thioether (sulfide) groups is 1. The molecule has 0 radical (unpaired) electrons. The molecule has 29 heavy (non-hydrogen) atoms. The van der Waals surface area contributed by atoms with Crippen molar-refractivity contribution in [3.05, 3.63) is 77.9 Å². The lowest BCUT2D eigenvalue weighted by Gasteiger charge is -2.13. The van der Waals surface area contributed by atoms with Crippen molar-refractivity contribution in [1.82, 2.24) is 4.98 Å². The lowest BCUT2D eigenvalue weighted by atomic mass is 10.1. The first-order valence-electron chi connectivity index (χ1n) is 8.70. The predicted octanol–water partition coefficient (Wildman–Crippen LogP) is 4.67. The van der Waals surface area contributed by atoms with Crippen LogP contribution in [0.2, 0.25) is 5.02 Å². The summed E-state index contributed by atoms with van der Waals surface area (Å²) in [7, 11) is -3.75. The smallest absolute Gasteiger partial charge is 0.308 e. The number of hydrogen-bond acceptors (Lipinski definition) is 5. The molecule has 1 aromatic heterocycles. The summed E-state index contributed by atoms with van der Waals surface area (Å²) < 4.78 is 25.5. The van der Waals surface area contributed by atoms with Crippen molar-refractivity contribution in [3.8, 4) is 11.1 Å². The third-order valence-corrected chi connectivity index (χ3v) is 7.42. The highest BCUT2D eigenvalue weighted by Crippen LogP contribution is 2.25. The third kappa shape index (κ3) is 5.82. The summed E-state index contributed by atoms with van der Waals surface area (Å²) in [5, 5.41) is 10.7. The van der Waals surface area contributed by atoms with E-state index in [4.69, 9.17) is 11.6 Å². The highest BCUT2D eigenvalue weighted by molar-refractivity contribution is 7.99. The molecule has 1 heterocycles. The molecular formula is C21H18ClNO4S2. The topological polar surface area (TPSA) is 84.3 Å². The third-order valence-electron chi connectivity index (χ3n) is 4.23. The van der Waals surface area contributed by atoms with Crippen molar-refractivity contribution in [2.75, 3.05) is 11.5 Å². The molecule has 0 aliphatic heterocycles. The maximum Gasteiger partial charge on any atom is 0.308 e. The van der Waals surface area contributed by atoms with Crippen LogP contribution in [0.5, 0.6) is 0 Å². The van der Waals surface area contributed by atoms with Crippen LogP contribution in [-0.2, 0) is 14.6 Å². The molecule has 0 amide bonds. The Morgan fingerprint density at radius 3 is 2.17 bits per heavy atom. The average molecular weight is 448 g/mol. The fourth-order valence-electron chi connectivity index (χ4n) is 2.67. The number of rotatable bonds is 8. The number of aromatic nitrogens is 1. The Morgan fingerprint density at radius 2 is 1.62 bits per heavy atom. The minimum atomic E-state index is -3.75. The number of carboxylic acid groups (broad SMARTS) is 1. The molecule has 8 heteroatoms. The fraction of sp³-hybridized carbons (Fsp3) is 0.143. The van der Waals surface area contributed by atoms with Gasteiger partial charge < -0.3 is 5.11 Å².